The zero-order valence-corrected chi connectivity index (χ0v) is 18.4. The summed E-state index contributed by atoms with van der Waals surface area (Å²) in [6, 6.07) is 6.14. The van der Waals surface area contributed by atoms with Crippen LogP contribution < -0.4 is 14.4 Å². The summed E-state index contributed by atoms with van der Waals surface area (Å²) in [5.74, 6) is 2.44. The van der Waals surface area contributed by atoms with E-state index < -0.39 is 0 Å². The van der Waals surface area contributed by atoms with E-state index in [2.05, 4.69) is 33.8 Å². The fraction of sp³-hybridized carbons (Fsp3) is 0.565. The van der Waals surface area contributed by atoms with Gasteiger partial charge in [-0.25, -0.2) is 9.97 Å². The molecule has 1 aromatic heterocycles. The van der Waals surface area contributed by atoms with Crippen molar-refractivity contribution in [3.63, 3.8) is 0 Å². The summed E-state index contributed by atoms with van der Waals surface area (Å²) in [5, 5.41) is 0. The molecule has 162 valence electrons. The van der Waals surface area contributed by atoms with Crippen LogP contribution in [0.25, 0.3) is 0 Å². The lowest BCUT2D eigenvalue weighted by atomic mass is 10.1. The summed E-state index contributed by atoms with van der Waals surface area (Å²) in [6.45, 7) is 10.4. The Kier molecular flexibility index (Phi) is 6.69. The second-order valence-electron chi connectivity index (χ2n) is 8.12. The Labute approximate surface area is 179 Å². The molecule has 0 amide bonds. The van der Waals surface area contributed by atoms with E-state index in [0.29, 0.717) is 0 Å². The molecule has 0 bridgehead atoms. The second-order valence-corrected chi connectivity index (χ2v) is 8.12. The number of hydrogen-bond acceptors (Lipinski definition) is 7. The average molecular weight is 412 g/mol. The number of rotatable bonds is 7. The molecule has 7 heteroatoms. The third-order valence-corrected chi connectivity index (χ3v) is 6.05. The number of nitrogens with zero attached hydrogens (tertiary/aromatic N) is 5. The van der Waals surface area contributed by atoms with Crippen LogP contribution in [0.1, 0.15) is 30.2 Å². The quantitative estimate of drug-likeness (QED) is 0.694. The molecule has 2 aliphatic heterocycles. The van der Waals surface area contributed by atoms with E-state index in [0.717, 1.165) is 69.7 Å². The number of ether oxygens (including phenoxy) is 2. The highest BCUT2D eigenvalue weighted by molar-refractivity contribution is 5.43. The van der Waals surface area contributed by atoms with E-state index in [1.54, 1.807) is 14.2 Å². The van der Waals surface area contributed by atoms with Gasteiger partial charge < -0.3 is 14.4 Å². The molecule has 1 aromatic carbocycles. The van der Waals surface area contributed by atoms with Gasteiger partial charge in [0.2, 0.25) is 5.95 Å². The Morgan fingerprint density at radius 2 is 1.77 bits per heavy atom. The van der Waals surface area contributed by atoms with E-state index in [1.165, 1.54) is 29.8 Å². The van der Waals surface area contributed by atoms with Crippen LogP contribution in [0.4, 0.5) is 5.95 Å². The molecule has 7 nitrogen and oxygen atoms in total. The number of piperazine rings is 1. The lowest BCUT2D eigenvalue weighted by molar-refractivity contribution is 0.241. The molecule has 0 unspecified atom stereocenters. The predicted octanol–water partition coefficient (Wildman–Crippen LogP) is 2.58. The van der Waals surface area contributed by atoms with E-state index in [9.17, 15) is 0 Å². The number of anilines is 1. The monoisotopic (exact) mass is 411 g/mol. The van der Waals surface area contributed by atoms with Gasteiger partial charge in [0.05, 0.1) is 19.9 Å². The Morgan fingerprint density at radius 1 is 0.967 bits per heavy atom. The van der Waals surface area contributed by atoms with Crippen molar-refractivity contribution in [2.24, 2.45) is 0 Å². The lowest BCUT2D eigenvalue weighted by Gasteiger charge is -2.35. The van der Waals surface area contributed by atoms with Crippen LogP contribution in [-0.2, 0) is 19.5 Å². The van der Waals surface area contributed by atoms with Gasteiger partial charge in [0.15, 0.2) is 11.5 Å². The molecule has 0 atom stereocenters. The third kappa shape index (κ3) is 4.68. The topological polar surface area (TPSA) is 54.0 Å². The van der Waals surface area contributed by atoms with E-state index in [-0.39, 0.29) is 0 Å². The molecule has 1 saturated heterocycles. The zero-order valence-electron chi connectivity index (χ0n) is 18.4. The van der Waals surface area contributed by atoms with Crippen molar-refractivity contribution in [1.29, 1.82) is 0 Å². The highest BCUT2D eigenvalue weighted by Gasteiger charge is 2.22. The van der Waals surface area contributed by atoms with Gasteiger partial charge in [0.25, 0.3) is 0 Å². The molecule has 0 N–H and O–H groups in total. The molecular formula is C23H33N5O2. The number of fused-ring (bicyclic) bond motifs is 1. The summed E-state index contributed by atoms with van der Waals surface area (Å²) in [5.41, 5.74) is 3.67. The van der Waals surface area contributed by atoms with Gasteiger partial charge >= 0.3 is 0 Å². The fourth-order valence-electron chi connectivity index (χ4n) is 4.38. The maximum atomic E-state index is 5.44. The minimum atomic E-state index is 0.765. The first-order chi connectivity index (χ1) is 14.7. The van der Waals surface area contributed by atoms with Crippen LogP contribution in [0, 0.1) is 0 Å². The number of aromatic nitrogens is 2. The van der Waals surface area contributed by atoms with Gasteiger partial charge in [-0.15, -0.1) is 0 Å². The van der Waals surface area contributed by atoms with Gasteiger partial charge in [-0.1, -0.05) is 13.0 Å². The van der Waals surface area contributed by atoms with Crippen LogP contribution >= 0.6 is 0 Å². The summed E-state index contributed by atoms with van der Waals surface area (Å²) in [6.07, 6.45) is 4.22. The number of hydrogen-bond donors (Lipinski definition) is 0. The zero-order chi connectivity index (χ0) is 20.9. The standard InChI is InChI=1S/C23H33N5O2/c1-4-8-26-10-12-28(13-11-26)23-24-15-19-17-27(9-7-20(19)25-23)16-18-5-6-21(29-2)22(14-18)30-3/h5-6,14-15H,4,7-13,16-17H2,1-3H3. The largest absolute Gasteiger partial charge is 0.493 e. The van der Waals surface area contributed by atoms with Gasteiger partial charge in [-0.2, -0.15) is 0 Å². The molecule has 0 aliphatic carbocycles. The first-order valence-corrected chi connectivity index (χ1v) is 11.0. The normalized spacial score (nSPS) is 17.6. The molecule has 0 spiro atoms. The molecular weight excluding hydrogens is 378 g/mol. The minimum absolute atomic E-state index is 0.765. The minimum Gasteiger partial charge on any atom is -0.493 e. The van der Waals surface area contributed by atoms with Crippen LogP contribution in [0.5, 0.6) is 11.5 Å². The molecule has 3 heterocycles. The van der Waals surface area contributed by atoms with Gasteiger partial charge in [0, 0.05) is 64.0 Å². The maximum absolute atomic E-state index is 5.44. The van der Waals surface area contributed by atoms with Crippen LogP contribution in [0.15, 0.2) is 24.4 Å². The average Bonchev–Trinajstić information content (AvgIpc) is 2.79. The molecule has 4 rings (SSSR count). The highest BCUT2D eigenvalue weighted by atomic mass is 16.5. The maximum Gasteiger partial charge on any atom is 0.225 e. The van der Waals surface area contributed by atoms with Crippen molar-refractivity contribution in [3.05, 3.63) is 41.2 Å². The summed E-state index contributed by atoms with van der Waals surface area (Å²) in [7, 11) is 3.34. The predicted molar refractivity (Wildman–Crippen MR) is 118 cm³/mol. The Hall–Kier alpha value is -2.38. The lowest BCUT2D eigenvalue weighted by Crippen LogP contribution is -2.47. The second kappa shape index (κ2) is 9.62. The van der Waals surface area contributed by atoms with Crippen molar-refractivity contribution in [2.75, 3.05) is 58.4 Å². The van der Waals surface area contributed by atoms with Crippen LogP contribution in [-0.4, -0.2) is 73.3 Å². The van der Waals surface area contributed by atoms with Gasteiger partial charge in [0.1, 0.15) is 0 Å². The molecule has 2 aliphatic rings. The first-order valence-electron chi connectivity index (χ1n) is 11.0. The molecule has 30 heavy (non-hydrogen) atoms. The fourth-order valence-corrected chi connectivity index (χ4v) is 4.38. The van der Waals surface area contributed by atoms with E-state index >= 15 is 0 Å². The van der Waals surface area contributed by atoms with Gasteiger partial charge in [-0.05, 0) is 30.7 Å². The van der Waals surface area contributed by atoms with Gasteiger partial charge in [-0.3, -0.25) is 9.80 Å². The first kappa shape index (κ1) is 20.9. The van der Waals surface area contributed by atoms with Crippen molar-refractivity contribution in [2.45, 2.75) is 32.9 Å². The smallest absolute Gasteiger partial charge is 0.225 e. The Balaban J connectivity index is 1.38. The Morgan fingerprint density at radius 3 is 2.50 bits per heavy atom. The SMILES string of the molecule is CCCN1CCN(c2ncc3c(n2)CCN(Cc2ccc(OC)c(OC)c2)C3)CC1. The number of methoxy groups -OCH3 is 2. The van der Waals surface area contributed by atoms with E-state index in [1.807, 2.05) is 12.3 Å². The van der Waals surface area contributed by atoms with Crippen molar-refractivity contribution >= 4 is 5.95 Å². The highest BCUT2D eigenvalue weighted by Crippen LogP contribution is 2.29. The third-order valence-electron chi connectivity index (χ3n) is 6.05. The molecule has 2 aromatic rings. The molecule has 0 saturated carbocycles. The summed E-state index contributed by atoms with van der Waals surface area (Å²) in [4.78, 5) is 16.9. The van der Waals surface area contributed by atoms with Crippen molar-refractivity contribution < 1.29 is 9.47 Å². The van der Waals surface area contributed by atoms with Crippen LogP contribution in [0.2, 0.25) is 0 Å². The number of benzene rings is 1. The summed E-state index contributed by atoms with van der Waals surface area (Å²) < 4.78 is 10.8. The van der Waals surface area contributed by atoms with Crippen molar-refractivity contribution in [3.8, 4) is 11.5 Å². The Bertz CT molecular complexity index is 851. The van der Waals surface area contributed by atoms with Crippen molar-refractivity contribution in [1.82, 2.24) is 19.8 Å². The van der Waals surface area contributed by atoms with Crippen LogP contribution in [0.3, 0.4) is 0 Å². The molecule has 1 fully saturated rings. The van der Waals surface area contributed by atoms with E-state index in [4.69, 9.17) is 19.4 Å². The molecule has 0 radical (unpaired) electrons. The summed E-state index contributed by atoms with van der Waals surface area (Å²) >= 11 is 0.